The minimum Gasteiger partial charge on any atom is -0.459 e. The smallest absolute Gasteiger partial charge is 0.419 e. The van der Waals surface area contributed by atoms with E-state index in [9.17, 15) is 22.4 Å². The van der Waals surface area contributed by atoms with Crippen LogP contribution in [0.1, 0.15) is 107 Å². The number of unbranched alkanes of at least 4 members (excludes halogenated alkanes) is 8. The van der Waals surface area contributed by atoms with E-state index in [1.165, 1.54) is 25.7 Å². The fourth-order valence-electron chi connectivity index (χ4n) is 3.34. The molecule has 0 aliphatic carbocycles. The van der Waals surface area contributed by atoms with E-state index < -0.39 is 35.2 Å². The van der Waals surface area contributed by atoms with Crippen molar-refractivity contribution in [3.05, 3.63) is 35.1 Å². The number of carbonyl (C=O) groups excluding carboxylic acids is 1. The number of ether oxygens (including phenoxy) is 1. The fraction of sp³-hybridized carbons (Fsp3) is 0.696. The van der Waals surface area contributed by atoms with Gasteiger partial charge in [-0.25, -0.2) is 9.18 Å². The highest BCUT2D eigenvalue weighted by atomic mass is 19.4. The molecule has 0 fully saturated rings. The lowest BCUT2D eigenvalue weighted by molar-refractivity contribution is -0.140. The molecule has 1 aromatic carbocycles. The minimum atomic E-state index is -4.85. The summed E-state index contributed by atoms with van der Waals surface area (Å²) in [6, 6.07) is 2.71. The number of halogens is 4. The number of carbonyl (C=O) groups is 1. The highest BCUT2D eigenvalue weighted by molar-refractivity contribution is 5.90. The summed E-state index contributed by atoms with van der Waals surface area (Å²) in [5, 5.41) is 0. The van der Waals surface area contributed by atoms with E-state index in [1.807, 2.05) is 0 Å². The normalized spacial score (nSPS) is 12.8. The minimum absolute atomic E-state index is 0.390. The average Bonchev–Trinajstić information content (AvgIpc) is 2.66. The van der Waals surface area contributed by atoms with Crippen molar-refractivity contribution in [1.29, 1.82) is 0 Å². The molecular formula is C23H34F4O2. The van der Waals surface area contributed by atoms with Crippen LogP contribution in [0, 0.1) is 5.82 Å². The number of alkyl halides is 3. The van der Waals surface area contributed by atoms with Crippen LogP contribution in [0.5, 0.6) is 0 Å². The Labute approximate surface area is 172 Å². The Morgan fingerprint density at radius 1 is 0.897 bits per heavy atom. The molecule has 0 radical (unpaired) electrons. The van der Waals surface area contributed by atoms with Gasteiger partial charge in [-0.1, -0.05) is 71.3 Å². The van der Waals surface area contributed by atoms with Crippen LogP contribution in [0.4, 0.5) is 17.6 Å². The Bertz CT molecular complexity index is 599. The van der Waals surface area contributed by atoms with Crippen LogP contribution < -0.4 is 0 Å². The first kappa shape index (κ1) is 25.4. The molecule has 0 aliphatic heterocycles. The van der Waals surface area contributed by atoms with Gasteiger partial charge in [0.05, 0.1) is 11.1 Å². The molecule has 0 N–H and O–H groups in total. The summed E-state index contributed by atoms with van der Waals surface area (Å²) in [7, 11) is 0. The molecule has 0 bridgehead atoms. The monoisotopic (exact) mass is 418 g/mol. The number of hydrogen-bond acceptors (Lipinski definition) is 2. The van der Waals surface area contributed by atoms with Gasteiger partial charge in [-0.05, 0) is 37.8 Å². The van der Waals surface area contributed by atoms with Crippen molar-refractivity contribution in [1.82, 2.24) is 0 Å². The number of benzene rings is 1. The Morgan fingerprint density at radius 3 is 2.00 bits per heavy atom. The van der Waals surface area contributed by atoms with E-state index in [4.69, 9.17) is 4.74 Å². The summed E-state index contributed by atoms with van der Waals surface area (Å²) in [6.45, 7) is 4.23. The zero-order valence-electron chi connectivity index (χ0n) is 17.6. The molecule has 1 atom stereocenters. The SMILES string of the molecule is CCCCCCCCCC(CCCCC)OC(=O)c1cccc(C(F)(F)F)c1F. The van der Waals surface area contributed by atoms with E-state index in [2.05, 4.69) is 13.8 Å². The summed E-state index contributed by atoms with van der Waals surface area (Å²) in [4.78, 5) is 12.4. The maximum atomic E-state index is 14.2. The summed E-state index contributed by atoms with van der Waals surface area (Å²) < 4.78 is 58.3. The Kier molecular flexibility index (Phi) is 11.9. The zero-order chi connectivity index (χ0) is 21.7. The lowest BCUT2D eigenvalue weighted by Crippen LogP contribution is -2.21. The van der Waals surface area contributed by atoms with Gasteiger partial charge in [0.25, 0.3) is 0 Å². The van der Waals surface area contributed by atoms with Crippen LogP contribution in [-0.2, 0) is 10.9 Å². The Hall–Kier alpha value is -1.59. The molecule has 0 heterocycles. The van der Waals surface area contributed by atoms with E-state index in [-0.39, 0.29) is 0 Å². The zero-order valence-corrected chi connectivity index (χ0v) is 17.6. The summed E-state index contributed by atoms with van der Waals surface area (Å²) in [6.07, 6.45) is 6.82. The molecule has 0 spiro atoms. The van der Waals surface area contributed by atoms with Crippen molar-refractivity contribution < 1.29 is 27.1 Å². The molecule has 0 aromatic heterocycles. The van der Waals surface area contributed by atoms with Crippen molar-refractivity contribution in [2.75, 3.05) is 0 Å². The predicted molar refractivity (Wildman–Crippen MR) is 107 cm³/mol. The van der Waals surface area contributed by atoms with Crippen LogP contribution in [0.15, 0.2) is 18.2 Å². The maximum Gasteiger partial charge on any atom is 0.419 e. The molecule has 1 unspecified atom stereocenters. The lowest BCUT2D eigenvalue weighted by Gasteiger charge is -2.19. The first-order valence-electron chi connectivity index (χ1n) is 10.9. The summed E-state index contributed by atoms with van der Waals surface area (Å²) in [5.74, 6) is -2.58. The highest BCUT2D eigenvalue weighted by Gasteiger charge is 2.36. The third-order valence-electron chi connectivity index (χ3n) is 5.06. The Morgan fingerprint density at radius 2 is 1.41 bits per heavy atom. The molecule has 6 heteroatoms. The van der Waals surface area contributed by atoms with Gasteiger partial charge in [0.1, 0.15) is 11.9 Å². The molecule has 29 heavy (non-hydrogen) atoms. The van der Waals surface area contributed by atoms with E-state index in [0.717, 1.165) is 50.7 Å². The maximum absolute atomic E-state index is 14.2. The predicted octanol–water partition coefficient (Wildman–Crippen LogP) is 8.09. The number of rotatable bonds is 14. The van der Waals surface area contributed by atoms with Gasteiger partial charge in [0.15, 0.2) is 0 Å². The molecule has 166 valence electrons. The standard InChI is InChI=1S/C23H34F4O2/c1-3-5-7-8-9-10-12-15-18(14-11-6-4-2)29-22(28)19-16-13-17-20(21(19)24)23(25,26)27/h13,16-18H,3-12,14-15H2,1-2H3. The van der Waals surface area contributed by atoms with E-state index >= 15 is 0 Å². The summed E-state index contributed by atoms with van der Waals surface area (Å²) >= 11 is 0. The van der Waals surface area contributed by atoms with Crippen LogP contribution in [0.2, 0.25) is 0 Å². The molecule has 0 saturated heterocycles. The Balaban J connectivity index is 2.66. The first-order valence-corrected chi connectivity index (χ1v) is 10.9. The van der Waals surface area contributed by atoms with Gasteiger partial charge < -0.3 is 4.74 Å². The molecule has 0 aliphatic rings. The molecule has 1 rings (SSSR count). The van der Waals surface area contributed by atoms with Crippen molar-refractivity contribution in [2.45, 2.75) is 103 Å². The van der Waals surface area contributed by atoms with Gasteiger partial charge in [0, 0.05) is 0 Å². The van der Waals surface area contributed by atoms with Gasteiger partial charge in [-0.3, -0.25) is 0 Å². The van der Waals surface area contributed by atoms with Gasteiger partial charge in [-0.15, -0.1) is 0 Å². The van der Waals surface area contributed by atoms with Crippen LogP contribution in [-0.4, -0.2) is 12.1 Å². The topological polar surface area (TPSA) is 26.3 Å². The molecule has 0 amide bonds. The third-order valence-corrected chi connectivity index (χ3v) is 5.06. The second-order valence-corrected chi connectivity index (χ2v) is 7.60. The second kappa shape index (κ2) is 13.6. The van der Waals surface area contributed by atoms with Crippen LogP contribution in [0.3, 0.4) is 0 Å². The quantitative estimate of drug-likeness (QED) is 0.173. The largest absolute Gasteiger partial charge is 0.459 e. The van der Waals surface area contributed by atoms with Crippen molar-refractivity contribution in [3.8, 4) is 0 Å². The highest BCUT2D eigenvalue weighted by Crippen LogP contribution is 2.32. The van der Waals surface area contributed by atoms with Crippen molar-refractivity contribution in [3.63, 3.8) is 0 Å². The molecular weight excluding hydrogens is 384 g/mol. The van der Waals surface area contributed by atoms with Crippen LogP contribution in [0.25, 0.3) is 0 Å². The van der Waals surface area contributed by atoms with E-state index in [1.54, 1.807) is 0 Å². The van der Waals surface area contributed by atoms with E-state index in [0.29, 0.717) is 18.9 Å². The first-order chi connectivity index (χ1) is 13.8. The van der Waals surface area contributed by atoms with Crippen LogP contribution >= 0.6 is 0 Å². The third kappa shape index (κ3) is 9.64. The molecule has 2 nitrogen and oxygen atoms in total. The number of hydrogen-bond donors (Lipinski definition) is 0. The van der Waals surface area contributed by atoms with Gasteiger partial charge in [-0.2, -0.15) is 13.2 Å². The van der Waals surface area contributed by atoms with Crippen molar-refractivity contribution in [2.24, 2.45) is 0 Å². The number of esters is 1. The molecule has 1 aromatic rings. The van der Waals surface area contributed by atoms with Crippen molar-refractivity contribution >= 4 is 5.97 Å². The summed E-state index contributed by atoms with van der Waals surface area (Å²) in [5.41, 5.74) is -2.10. The van der Waals surface area contributed by atoms with Gasteiger partial charge >= 0.3 is 12.1 Å². The lowest BCUT2D eigenvalue weighted by atomic mass is 10.0. The average molecular weight is 419 g/mol. The fourth-order valence-corrected chi connectivity index (χ4v) is 3.34. The molecule has 0 saturated carbocycles. The second-order valence-electron chi connectivity index (χ2n) is 7.60. The van der Waals surface area contributed by atoms with Gasteiger partial charge in [0.2, 0.25) is 0 Å².